The van der Waals surface area contributed by atoms with Crippen molar-refractivity contribution in [2.75, 3.05) is 19.6 Å². The van der Waals surface area contributed by atoms with Gasteiger partial charge in [0.15, 0.2) is 0 Å². The molecule has 6 nitrogen and oxygen atoms in total. The number of piperidine rings is 1. The van der Waals surface area contributed by atoms with Crippen molar-refractivity contribution in [3.63, 3.8) is 0 Å². The maximum Gasteiger partial charge on any atom is 0.135 e. The quantitative estimate of drug-likeness (QED) is 0.819. The molecule has 29 heavy (non-hydrogen) atoms. The van der Waals surface area contributed by atoms with E-state index in [1.54, 1.807) is 0 Å². The highest BCUT2D eigenvalue weighted by molar-refractivity contribution is 6.30. The molecular formula is C22H32ClN5O. The van der Waals surface area contributed by atoms with Gasteiger partial charge in [-0.15, -0.1) is 10.2 Å². The number of morpholine rings is 1. The van der Waals surface area contributed by atoms with E-state index in [9.17, 15) is 0 Å². The number of rotatable bonds is 3. The molecule has 2 atom stereocenters. The van der Waals surface area contributed by atoms with Crippen LogP contribution in [0.5, 0.6) is 0 Å². The number of hydrogen-bond donors (Lipinski definition) is 1. The first kappa shape index (κ1) is 20.6. The highest BCUT2D eigenvalue weighted by Crippen LogP contribution is 2.34. The molecule has 3 aliphatic rings. The predicted molar refractivity (Wildman–Crippen MR) is 119 cm³/mol. The molecule has 0 amide bonds. The molecule has 0 saturated carbocycles. The maximum absolute atomic E-state index is 6.39. The summed E-state index contributed by atoms with van der Waals surface area (Å²) in [5.41, 5.74) is 6.90. The normalized spacial score (nSPS) is 28.3. The van der Waals surface area contributed by atoms with Crippen LogP contribution in [0.4, 0.5) is 0 Å². The van der Waals surface area contributed by atoms with Crippen molar-refractivity contribution in [3.8, 4) is 0 Å². The number of amidine groups is 2. The van der Waals surface area contributed by atoms with Gasteiger partial charge in [-0.2, -0.15) is 0 Å². The third-order valence-corrected chi connectivity index (χ3v) is 6.70. The van der Waals surface area contributed by atoms with E-state index in [-0.39, 0.29) is 11.7 Å². The van der Waals surface area contributed by atoms with Crippen molar-refractivity contribution >= 4 is 23.3 Å². The number of nitrogens with zero attached hydrogens (tertiary/aromatic N) is 4. The Hall–Kier alpha value is -1.63. The molecule has 4 rings (SSSR count). The molecule has 7 heteroatoms. The summed E-state index contributed by atoms with van der Waals surface area (Å²) in [6.45, 7) is 9.65. The number of likely N-dealkylation sites (tertiary alicyclic amines) is 1. The zero-order valence-corrected chi connectivity index (χ0v) is 18.4. The molecule has 0 aromatic heterocycles. The third kappa shape index (κ3) is 4.60. The van der Waals surface area contributed by atoms with Crippen LogP contribution >= 0.6 is 11.6 Å². The lowest BCUT2D eigenvalue weighted by molar-refractivity contribution is -0.176. The number of halogens is 1. The van der Waals surface area contributed by atoms with Gasteiger partial charge in [-0.05, 0) is 57.7 Å². The Balaban J connectivity index is 1.46. The molecule has 0 spiro atoms. The zero-order valence-electron chi connectivity index (χ0n) is 17.6. The second-order valence-electron chi connectivity index (χ2n) is 9.08. The third-order valence-electron chi connectivity index (χ3n) is 6.45. The van der Waals surface area contributed by atoms with Crippen molar-refractivity contribution < 1.29 is 4.74 Å². The Kier molecular flexibility index (Phi) is 5.87. The Morgan fingerprint density at radius 1 is 1.17 bits per heavy atom. The van der Waals surface area contributed by atoms with Gasteiger partial charge in [0.1, 0.15) is 11.7 Å². The van der Waals surface area contributed by atoms with Crippen LogP contribution in [-0.4, -0.2) is 64.9 Å². The first-order valence-electron chi connectivity index (χ1n) is 10.6. The van der Waals surface area contributed by atoms with Crippen molar-refractivity contribution in [1.82, 2.24) is 9.80 Å². The molecule has 0 unspecified atom stereocenters. The average molecular weight is 418 g/mol. The molecule has 2 fully saturated rings. The van der Waals surface area contributed by atoms with E-state index in [1.807, 2.05) is 12.1 Å². The van der Waals surface area contributed by atoms with Crippen LogP contribution in [-0.2, 0) is 11.2 Å². The number of nitrogens with two attached hydrogens (primary N) is 1. The lowest BCUT2D eigenvalue weighted by Gasteiger charge is -2.53. The topological polar surface area (TPSA) is 66.5 Å². The Bertz CT molecular complexity index is 783. The fourth-order valence-electron chi connectivity index (χ4n) is 5.05. The second-order valence-corrected chi connectivity index (χ2v) is 9.51. The summed E-state index contributed by atoms with van der Waals surface area (Å²) in [6, 6.07) is 9.12. The fraction of sp³-hybridized carbons (Fsp3) is 0.636. The summed E-state index contributed by atoms with van der Waals surface area (Å²) in [4.78, 5) is 5.06. The molecule has 158 valence electrons. The first-order chi connectivity index (χ1) is 13.8. The number of hydrogen-bond acceptors (Lipinski definition) is 6. The average Bonchev–Trinajstić information content (AvgIpc) is 3.11. The minimum absolute atomic E-state index is 0.202. The zero-order chi connectivity index (χ0) is 20.6. The van der Waals surface area contributed by atoms with Gasteiger partial charge < -0.3 is 15.4 Å². The van der Waals surface area contributed by atoms with Crippen molar-refractivity contribution in [1.29, 1.82) is 0 Å². The number of benzene rings is 1. The monoisotopic (exact) mass is 417 g/mol. The van der Waals surface area contributed by atoms with Gasteiger partial charge in [0.05, 0.1) is 18.1 Å². The minimum atomic E-state index is -0.202. The summed E-state index contributed by atoms with van der Waals surface area (Å²) in [5.74, 6) is 1.64. The van der Waals surface area contributed by atoms with E-state index in [4.69, 9.17) is 22.1 Å². The lowest BCUT2D eigenvalue weighted by Crippen LogP contribution is -2.64. The van der Waals surface area contributed by atoms with E-state index < -0.39 is 0 Å². The largest absolute Gasteiger partial charge is 0.385 e. The Morgan fingerprint density at radius 3 is 2.48 bits per heavy atom. The molecule has 2 saturated heterocycles. The van der Waals surface area contributed by atoms with E-state index in [2.05, 4.69) is 52.9 Å². The van der Waals surface area contributed by atoms with Crippen molar-refractivity contribution in [3.05, 3.63) is 34.9 Å². The van der Waals surface area contributed by atoms with Crippen molar-refractivity contribution in [2.45, 2.75) is 70.2 Å². The van der Waals surface area contributed by atoms with Gasteiger partial charge in [-0.25, -0.2) is 0 Å². The van der Waals surface area contributed by atoms with E-state index in [0.717, 1.165) is 49.8 Å². The highest BCUT2D eigenvalue weighted by atomic mass is 35.5. The Labute approximate surface area is 178 Å². The standard InChI is InChI=1S/C22H32ClN5O/c1-15-14-28(18-8-10-27(11-9-18)21-13-20(24)25-26-21)19(22(2,3)29-15)12-16-4-6-17(23)7-5-16/h4-7,15,18-19H,8-14H2,1-3H3,(H2,24,25)/t15-,19-/m0/s1. The van der Waals surface area contributed by atoms with E-state index in [0.29, 0.717) is 24.3 Å². The summed E-state index contributed by atoms with van der Waals surface area (Å²) >= 11 is 6.09. The van der Waals surface area contributed by atoms with Gasteiger partial charge in [0.2, 0.25) is 0 Å². The molecule has 3 aliphatic heterocycles. The fourth-order valence-corrected chi connectivity index (χ4v) is 5.18. The van der Waals surface area contributed by atoms with Crippen LogP contribution in [0.25, 0.3) is 0 Å². The van der Waals surface area contributed by atoms with E-state index >= 15 is 0 Å². The van der Waals surface area contributed by atoms with Crippen LogP contribution in [0.1, 0.15) is 45.6 Å². The summed E-state index contributed by atoms with van der Waals surface area (Å²) in [5, 5.41) is 9.03. The molecule has 0 bridgehead atoms. The lowest BCUT2D eigenvalue weighted by atomic mass is 9.86. The van der Waals surface area contributed by atoms with Crippen LogP contribution in [0, 0.1) is 0 Å². The molecule has 0 aliphatic carbocycles. The minimum Gasteiger partial charge on any atom is -0.385 e. The van der Waals surface area contributed by atoms with Crippen molar-refractivity contribution in [2.24, 2.45) is 15.9 Å². The second kappa shape index (κ2) is 8.25. The van der Waals surface area contributed by atoms with Gasteiger partial charge in [-0.3, -0.25) is 4.90 Å². The smallest absolute Gasteiger partial charge is 0.135 e. The first-order valence-corrected chi connectivity index (χ1v) is 11.0. The van der Waals surface area contributed by atoms with Crippen LogP contribution < -0.4 is 5.73 Å². The van der Waals surface area contributed by atoms with Crippen LogP contribution in [0.15, 0.2) is 34.5 Å². The van der Waals surface area contributed by atoms with Gasteiger partial charge >= 0.3 is 0 Å². The Morgan fingerprint density at radius 2 is 1.86 bits per heavy atom. The van der Waals surface area contributed by atoms with Crippen LogP contribution in [0.2, 0.25) is 5.02 Å². The SMILES string of the molecule is C[C@H]1CN(C2CCN(C3=NN=C(N)C3)CC2)[C@@H](Cc2ccc(Cl)cc2)C(C)(C)O1. The predicted octanol–water partition coefficient (Wildman–Crippen LogP) is 3.29. The molecule has 1 aromatic rings. The molecule has 1 aromatic carbocycles. The van der Waals surface area contributed by atoms with Gasteiger partial charge in [0.25, 0.3) is 0 Å². The van der Waals surface area contributed by atoms with E-state index in [1.165, 1.54) is 5.56 Å². The maximum atomic E-state index is 6.39. The highest BCUT2D eigenvalue weighted by Gasteiger charge is 2.44. The molecular weight excluding hydrogens is 386 g/mol. The summed E-state index contributed by atoms with van der Waals surface area (Å²) < 4.78 is 6.39. The number of ether oxygens (including phenoxy) is 1. The van der Waals surface area contributed by atoms with Gasteiger partial charge in [0, 0.05) is 36.7 Å². The molecule has 3 heterocycles. The summed E-state index contributed by atoms with van der Waals surface area (Å²) in [7, 11) is 0. The van der Waals surface area contributed by atoms with Gasteiger partial charge in [-0.1, -0.05) is 23.7 Å². The molecule has 0 radical (unpaired) electrons. The summed E-state index contributed by atoms with van der Waals surface area (Å²) in [6.07, 6.45) is 4.13. The van der Waals surface area contributed by atoms with Crippen LogP contribution in [0.3, 0.4) is 0 Å². The molecule has 2 N–H and O–H groups in total.